The third-order valence-corrected chi connectivity index (χ3v) is 5.45. The van der Waals surface area contributed by atoms with Crippen LogP contribution in [-0.4, -0.2) is 31.8 Å². The van der Waals surface area contributed by atoms with E-state index in [2.05, 4.69) is 11.4 Å². The van der Waals surface area contributed by atoms with Gasteiger partial charge >= 0.3 is 12.1 Å². The maximum atomic E-state index is 13.2. The minimum Gasteiger partial charge on any atom is -0.443 e. The maximum absolute atomic E-state index is 13.2. The molecule has 0 fully saturated rings. The zero-order chi connectivity index (χ0) is 23.9. The van der Waals surface area contributed by atoms with Crippen LogP contribution >= 0.6 is 0 Å². The number of rotatable bonds is 2. The van der Waals surface area contributed by atoms with Crippen molar-refractivity contribution in [3.8, 4) is 17.2 Å². The monoisotopic (exact) mass is 442 g/mol. The number of imide groups is 1. The number of fused-ring (bicyclic) bond motifs is 2. The van der Waals surface area contributed by atoms with E-state index >= 15 is 0 Å². The van der Waals surface area contributed by atoms with E-state index in [0.29, 0.717) is 28.1 Å². The minimum atomic E-state index is -0.792. The molecule has 3 aromatic rings. The number of carbonyl (C=O) groups excluding carboxylic acids is 2. The standard InChI is InChI=1S/C26H26N4O3/c1-26(2,3)33-25(32)30-23-19(18-11-10-16-8-6-7-9-17(16)12-18)13-22(29(4)5)20(14-27)21(23)15-28-24(30)31/h6-13H,15H2,1-5H3,(H,28,31). The van der Waals surface area contributed by atoms with Gasteiger partial charge < -0.3 is 15.0 Å². The Hall–Kier alpha value is -4.05. The molecule has 1 N–H and O–H groups in total. The minimum absolute atomic E-state index is 0.138. The highest BCUT2D eigenvalue weighted by atomic mass is 16.6. The lowest BCUT2D eigenvalue weighted by Crippen LogP contribution is -2.50. The van der Waals surface area contributed by atoms with Crippen molar-refractivity contribution in [1.82, 2.24) is 5.32 Å². The Morgan fingerprint density at radius 3 is 2.45 bits per heavy atom. The Bertz CT molecular complexity index is 1320. The second-order valence-corrected chi connectivity index (χ2v) is 9.19. The van der Waals surface area contributed by atoms with Crippen molar-refractivity contribution >= 4 is 34.3 Å². The molecule has 0 radical (unpaired) electrons. The molecule has 1 aliphatic heterocycles. The van der Waals surface area contributed by atoms with Gasteiger partial charge in [-0.15, -0.1) is 0 Å². The van der Waals surface area contributed by atoms with Crippen molar-refractivity contribution in [1.29, 1.82) is 5.26 Å². The summed E-state index contributed by atoms with van der Waals surface area (Å²) in [6, 6.07) is 17.5. The summed E-state index contributed by atoms with van der Waals surface area (Å²) < 4.78 is 5.55. The van der Waals surface area contributed by atoms with Gasteiger partial charge in [0, 0.05) is 31.8 Å². The van der Waals surface area contributed by atoms with Crippen LogP contribution < -0.4 is 15.1 Å². The molecule has 0 saturated carbocycles. The van der Waals surface area contributed by atoms with Crippen LogP contribution in [0.5, 0.6) is 0 Å². The fourth-order valence-electron chi connectivity index (χ4n) is 4.02. The number of hydrogen-bond acceptors (Lipinski definition) is 5. The number of urea groups is 1. The maximum Gasteiger partial charge on any atom is 0.423 e. The topological polar surface area (TPSA) is 85.7 Å². The van der Waals surface area contributed by atoms with Gasteiger partial charge in [0.25, 0.3) is 0 Å². The van der Waals surface area contributed by atoms with Gasteiger partial charge in [0.1, 0.15) is 11.7 Å². The number of ether oxygens (including phenoxy) is 1. The first-order chi connectivity index (χ1) is 15.6. The molecule has 7 nitrogen and oxygen atoms in total. The molecule has 0 aromatic heterocycles. The van der Waals surface area contributed by atoms with Crippen molar-refractivity contribution in [2.45, 2.75) is 32.9 Å². The van der Waals surface area contributed by atoms with Crippen LogP contribution in [0.1, 0.15) is 31.9 Å². The molecule has 7 heteroatoms. The first-order valence-corrected chi connectivity index (χ1v) is 10.7. The van der Waals surface area contributed by atoms with Gasteiger partial charge in [-0.3, -0.25) is 0 Å². The third-order valence-electron chi connectivity index (χ3n) is 5.45. The predicted octanol–water partition coefficient (Wildman–Crippen LogP) is 5.41. The summed E-state index contributed by atoms with van der Waals surface area (Å²) >= 11 is 0. The van der Waals surface area contributed by atoms with E-state index in [9.17, 15) is 14.9 Å². The van der Waals surface area contributed by atoms with Crippen molar-refractivity contribution in [2.75, 3.05) is 23.9 Å². The first-order valence-electron chi connectivity index (χ1n) is 10.7. The molecule has 0 atom stereocenters. The number of nitriles is 1. The number of nitrogens with zero attached hydrogens (tertiary/aromatic N) is 3. The molecule has 0 saturated heterocycles. The van der Waals surface area contributed by atoms with Crippen LogP contribution in [0.4, 0.5) is 21.0 Å². The van der Waals surface area contributed by atoms with E-state index in [0.717, 1.165) is 21.2 Å². The summed E-state index contributed by atoms with van der Waals surface area (Å²) in [4.78, 5) is 28.9. The summed E-state index contributed by atoms with van der Waals surface area (Å²) in [6.07, 6.45) is -0.788. The molecule has 4 rings (SSSR count). The molecular formula is C26H26N4O3. The van der Waals surface area contributed by atoms with Gasteiger partial charge in [-0.05, 0) is 49.2 Å². The Balaban J connectivity index is 2.03. The lowest BCUT2D eigenvalue weighted by molar-refractivity contribution is 0.0591. The van der Waals surface area contributed by atoms with Crippen LogP contribution in [0.25, 0.3) is 21.9 Å². The zero-order valence-electron chi connectivity index (χ0n) is 19.4. The van der Waals surface area contributed by atoms with Crippen LogP contribution in [0.15, 0.2) is 48.5 Å². The van der Waals surface area contributed by atoms with E-state index in [4.69, 9.17) is 4.74 Å². The average Bonchev–Trinajstić information content (AvgIpc) is 2.76. The second kappa shape index (κ2) is 8.14. The summed E-state index contributed by atoms with van der Waals surface area (Å²) in [7, 11) is 3.72. The summed E-state index contributed by atoms with van der Waals surface area (Å²) in [6.45, 7) is 5.37. The van der Waals surface area contributed by atoms with E-state index in [1.807, 2.05) is 67.5 Å². The molecule has 3 amide bonds. The molecule has 0 unspecified atom stereocenters. The van der Waals surface area contributed by atoms with Crippen LogP contribution in [0.2, 0.25) is 0 Å². The Morgan fingerprint density at radius 1 is 1.12 bits per heavy atom. The highest BCUT2D eigenvalue weighted by molar-refractivity contribution is 6.16. The molecule has 1 aliphatic rings. The molecule has 3 aromatic carbocycles. The lowest BCUT2D eigenvalue weighted by atomic mass is 9.91. The van der Waals surface area contributed by atoms with Crippen LogP contribution in [-0.2, 0) is 11.3 Å². The van der Waals surface area contributed by atoms with Gasteiger partial charge in [-0.1, -0.05) is 36.4 Å². The van der Waals surface area contributed by atoms with E-state index in [1.54, 1.807) is 20.8 Å². The Labute approximate surface area is 193 Å². The Kier molecular flexibility index (Phi) is 5.46. The third kappa shape index (κ3) is 4.08. The number of amides is 3. The highest BCUT2D eigenvalue weighted by Crippen LogP contribution is 2.43. The fraction of sp³-hybridized carbons (Fsp3) is 0.269. The normalized spacial score (nSPS) is 13.2. The van der Waals surface area contributed by atoms with Gasteiger partial charge in [0.05, 0.1) is 16.9 Å². The van der Waals surface area contributed by atoms with Crippen molar-refractivity contribution in [3.63, 3.8) is 0 Å². The molecule has 33 heavy (non-hydrogen) atoms. The van der Waals surface area contributed by atoms with Crippen molar-refractivity contribution in [3.05, 3.63) is 59.7 Å². The molecule has 168 valence electrons. The summed E-state index contributed by atoms with van der Waals surface area (Å²) in [5, 5.41) is 14.8. The number of carbonyl (C=O) groups is 2. The van der Waals surface area contributed by atoms with Crippen LogP contribution in [0.3, 0.4) is 0 Å². The fourth-order valence-corrected chi connectivity index (χ4v) is 4.02. The smallest absolute Gasteiger partial charge is 0.423 e. The number of hydrogen-bond donors (Lipinski definition) is 1. The molecule has 0 aliphatic carbocycles. The molecule has 0 spiro atoms. The SMILES string of the molecule is CN(C)c1cc(-c2ccc3ccccc3c2)c2c(c1C#N)CNC(=O)N2C(=O)OC(C)(C)C. The van der Waals surface area contributed by atoms with Crippen molar-refractivity contribution < 1.29 is 14.3 Å². The van der Waals surface area contributed by atoms with E-state index in [-0.39, 0.29) is 6.54 Å². The number of anilines is 2. The largest absolute Gasteiger partial charge is 0.443 e. The van der Waals surface area contributed by atoms with Gasteiger partial charge in [-0.2, -0.15) is 10.2 Å². The molecule has 0 bridgehead atoms. The first kappa shape index (κ1) is 22.2. The quantitative estimate of drug-likeness (QED) is 0.574. The zero-order valence-corrected chi connectivity index (χ0v) is 19.4. The van der Waals surface area contributed by atoms with Crippen molar-refractivity contribution in [2.24, 2.45) is 0 Å². The Morgan fingerprint density at radius 2 is 1.82 bits per heavy atom. The van der Waals surface area contributed by atoms with E-state index in [1.165, 1.54) is 0 Å². The molecular weight excluding hydrogens is 416 g/mol. The average molecular weight is 443 g/mol. The lowest BCUT2D eigenvalue weighted by Gasteiger charge is -2.34. The van der Waals surface area contributed by atoms with E-state index < -0.39 is 17.7 Å². The second-order valence-electron chi connectivity index (χ2n) is 9.19. The number of benzene rings is 3. The summed E-state index contributed by atoms with van der Waals surface area (Å²) in [5.41, 5.74) is 2.80. The number of nitrogens with one attached hydrogen (secondary N) is 1. The van der Waals surface area contributed by atoms with Crippen LogP contribution in [0, 0.1) is 11.3 Å². The summed E-state index contributed by atoms with van der Waals surface area (Å²) in [5.74, 6) is 0. The van der Waals surface area contributed by atoms with Gasteiger partial charge in [0.2, 0.25) is 0 Å². The van der Waals surface area contributed by atoms with Gasteiger partial charge in [0.15, 0.2) is 0 Å². The van der Waals surface area contributed by atoms with Gasteiger partial charge in [-0.25, -0.2) is 9.59 Å². The molecule has 1 heterocycles. The highest BCUT2D eigenvalue weighted by Gasteiger charge is 2.37. The predicted molar refractivity (Wildman–Crippen MR) is 129 cm³/mol.